The van der Waals surface area contributed by atoms with Gasteiger partial charge in [0.15, 0.2) is 0 Å². The first-order chi connectivity index (χ1) is 11.9. The van der Waals surface area contributed by atoms with Crippen molar-refractivity contribution in [2.75, 3.05) is 12.4 Å². The van der Waals surface area contributed by atoms with Gasteiger partial charge in [-0.15, -0.1) is 0 Å². The summed E-state index contributed by atoms with van der Waals surface area (Å²) in [6.45, 7) is 0. The first-order valence-corrected chi connectivity index (χ1v) is 6.95. The third-order valence-electron chi connectivity index (χ3n) is 3.19. The molecule has 2 rings (SSSR count). The van der Waals surface area contributed by atoms with E-state index in [0.717, 1.165) is 6.07 Å². The highest BCUT2D eigenvalue weighted by Gasteiger charge is 2.16. The quantitative estimate of drug-likeness (QED) is 0.389. The summed E-state index contributed by atoms with van der Waals surface area (Å²) in [6, 6.07) is 10.7. The number of hydrogen-bond donors (Lipinski definition) is 1. The minimum absolute atomic E-state index is 0.0574. The third-order valence-corrected chi connectivity index (χ3v) is 3.19. The fourth-order valence-corrected chi connectivity index (χ4v) is 1.97. The van der Waals surface area contributed by atoms with Gasteiger partial charge < -0.3 is 10.1 Å². The van der Waals surface area contributed by atoms with Crippen LogP contribution in [0.5, 0.6) is 5.75 Å². The van der Waals surface area contributed by atoms with Gasteiger partial charge >= 0.3 is 0 Å². The molecule has 0 heterocycles. The van der Waals surface area contributed by atoms with Crippen molar-refractivity contribution in [2.24, 2.45) is 0 Å². The highest BCUT2D eigenvalue weighted by atomic mass is 19.1. The first-order valence-electron chi connectivity index (χ1n) is 6.95. The maximum absolute atomic E-state index is 12.9. The second-order valence-corrected chi connectivity index (χ2v) is 4.82. The van der Waals surface area contributed by atoms with Gasteiger partial charge in [0.25, 0.3) is 11.6 Å². The molecule has 0 aromatic heterocycles. The first kappa shape index (κ1) is 17.6. The molecule has 0 aliphatic carbocycles. The van der Waals surface area contributed by atoms with Crippen LogP contribution in [0.3, 0.4) is 0 Å². The van der Waals surface area contributed by atoms with Crippen LogP contribution in [-0.2, 0) is 4.79 Å². The molecule has 0 fully saturated rings. The highest BCUT2D eigenvalue weighted by molar-refractivity contribution is 6.10. The van der Waals surface area contributed by atoms with Crippen molar-refractivity contribution in [3.8, 4) is 11.8 Å². The number of hydrogen-bond acceptors (Lipinski definition) is 5. The molecular formula is C17H12FN3O4. The zero-order chi connectivity index (χ0) is 18.4. The molecule has 0 bridgehead atoms. The van der Waals surface area contributed by atoms with Gasteiger partial charge in [-0.2, -0.15) is 5.26 Å². The number of benzene rings is 2. The van der Waals surface area contributed by atoms with Crippen LogP contribution in [0.4, 0.5) is 15.8 Å². The Kier molecular flexibility index (Phi) is 5.43. The fourth-order valence-electron chi connectivity index (χ4n) is 1.97. The van der Waals surface area contributed by atoms with E-state index < -0.39 is 16.6 Å². The van der Waals surface area contributed by atoms with Crippen molar-refractivity contribution < 1.29 is 18.8 Å². The van der Waals surface area contributed by atoms with Crippen molar-refractivity contribution in [2.45, 2.75) is 0 Å². The summed E-state index contributed by atoms with van der Waals surface area (Å²) in [4.78, 5) is 22.5. The van der Waals surface area contributed by atoms with Gasteiger partial charge in [-0.25, -0.2) is 4.39 Å². The maximum atomic E-state index is 12.9. The molecule has 0 radical (unpaired) electrons. The molecule has 0 aliphatic heterocycles. The normalized spacial score (nSPS) is 10.7. The largest absolute Gasteiger partial charge is 0.495 e. The third kappa shape index (κ3) is 4.39. The van der Waals surface area contributed by atoms with Crippen molar-refractivity contribution >= 4 is 23.4 Å². The molecule has 0 saturated heterocycles. The number of halogens is 1. The van der Waals surface area contributed by atoms with E-state index in [9.17, 15) is 19.3 Å². The van der Waals surface area contributed by atoms with Crippen LogP contribution in [0.25, 0.3) is 6.08 Å². The molecule has 7 nitrogen and oxygen atoms in total. The topological polar surface area (TPSA) is 105 Å². The standard InChI is InChI=1S/C17H12FN3O4/c1-25-16-7-6-14(21(23)24)9-15(16)20-17(22)12(10-19)8-11-2-4-13(18)5-3-11/h2-9H,1H3,(H,20,22)/b12-8+. The molecule has 0 spiro atoms. The maximum Gasteiger partial charge on any atom is 0.271 e. The van der Waals surface area contributed by atoms with E-state index in [4.69, 9.17) is 10.00 Å². The van der Waals surface area contributed by atoms with E-state index in [1.54, 1.807) is 6.07 Å². The number of nitro benzene ring substituents is 1. The summed E-state index contributed by atoms with van der Waals surface area (Å²) in [5.74, 6) is -1.01. The number of nitrogens with zero attached hydrogens (tertiary/aromatic N) is 2. The SMILES string of the molecule is COc1ccc([N+](=O)[O-])cc1NC(=O)/C(C#N)=C/c1ccc(F)cc1. The Balaban J connectivity index is 2.31. The van der Waals surface area contributed by atoms with Crippen LogP contribution >= 0.6 is 0 Å². The average Bonchev–Trinajstić information content (AvgIpc) is 2.60. The Hall–Kier alpha value is -3.73. The average molecular weight is 341 g/mol. The molecule has 2 aromatic carbocycles. The van der Waals surface area contributed by atoms with Crippen LogP contribution < -0.4 is 10.1 Å². The number of methoxy groups -OCH3 is 1. The number of nitro groups is 1. The predicted octanol–water partition coefficient (Wildman–Crippen LogP) is 3.29. The Labute approximate surface area is 142 Å². The monoisotopic (exact) mass is 341 g/mol. The minimum Gasteiger partial charge on any atom is -0.495 e. The molecule has 1 N–H and O–H groups in total. The van der Waals surface area contributed by atoms with Gasteiger partial charge in [0.05, 0.1) is 17.7 Å². The molecule has 0 saturated carbocycles. The molecule has 0 atom stereocenters. The molecule has 0 aliphatic rings. The second kappa shape index (κ2) is 7.70. The molecule has 1 amide bonds. The summed E-state index contributed by atoms with van der Waals surface area (Å²) in [5.41, 5.74) is 0.0263. The van der Waals surface area contributed by atoms with Gasteiger partial charge in [0.2, 0.25) is 0 Å². The molecular weight excluding hydrogens is 329 g/mol. The zero-order valence-corrected chi connectivity index (χ0v) is 13.0. The van der Waals surface area contributed by atoms with E-state index in [1.165, 1.54) is 49.6 Å². The summed E-state index contributed by atoms with van der Waals surface area (Å²) in [7, 11) is 1.34. The molecule has 0 unspecified atom stereocenters. The van der Waals surface area contributed by atoms with E-state index in [2.05, 4.69) is 5.32 Å². The molecule has 2 aromatic rings. The predicted molar refractivity (Wildman–Crippen MR) is 88.3 cm³/mol. The van der Waals surface area contributed by atoms with Gasteiger partial charge in [-0.05, 0) is 29.8 Å². The van der Waals surface area contributed by atoms with E-state index >= 15 is 0 Å². The number of nitriles is 1. The van der Waals surface area contributed by atoms with Gasteiger partial charge in [-0.3, -0.25) is 14.9 Å². The highest BCUT2D eigenvalue weighted by Crippen LogP contribution is 2.29. The van der Waals surface area contributed by atoms with Crippen molar-refractivity contribution in [3.63, 3.8) is 0 Å². The van der Waals surface area contributed by atoms with Crippen LogP contribution in [0.2, 0.25) is 0 Å². The number of non-ortho nitro benzene ring substituents is 1. The Morgan fingerprint density at radius 3 is 2.56 bits per heavy atom. The van der Waals surface area contributed by atoms with E-state index in [1.807, 2.05) is 0 Å². The lowest BCUT2D eigenvalue weighted by Crippen LogP contribution is -2.14. The van der Waals surface area contributed by atoms with Crippen LogP contribution in [-0.4, -0.2) is 17.9 Å². The number of rotatable bonds is 5. The smallest absolute Gasteiger partial charge is 0.271 e. The van der Waals surface area contributed by atoms with E-state index in [0.29, 0.717) is 5.56 Å². The fraction of sp³-hybridized carbons (Fsp3) is 0.0588. The number of anilines is 1. The van der Waals surface area contributed by atoms with Crippen molar-refractivity contribution in [3.05, 3.63) is 69.5 Å². The Bertz CT molecular complexity index is 886. The van der Waals surface area contributed by atoms with Crippen molar-refractivity contribution in [1.29, 1.82) is 5.26 Å². The van der Waals surface area contributed by atoms with Gasteiger partial charge in [-0.1, -0.05) is 12.1 Å². The lowest BCUT2D eigenvalue weighted by Gasteiger charge is -2.09. The van der Waals surface area contributed by atoms with E-state index in [-0.39, 0.29) is 22.7 Å². The lowest BCUT2D eigenvalue weighted by atomic mass is 10.1. The Morgan fingerprint density at radius 1 is 1.32 bits per heavy atom. The summed E-state index contributed by atoms with van der Waals surface area (Å²) in [5, 5.41) is 22.4. The second-order valence-electron chi connectivity index (χ2n) is 4.82. The number of carbonyl (C=O) groups excluding carboxylic acids is 1. The number of ether oxygens (including phenoxy) is 1. The number of amides is 1. The zero-order valence-electron chi connectivity index (χ0n) is 13.0. The van der Waals surface area contributed by atoms with Gasteiger partial charge in [0.1, 0.15) is 23.2 Å². The minimum atomic E-state index is -0.773. The Morgan fingerprint density at radius 2 is 2.00 bits per heavy atom. The number of nitrogens with one attached hydrogen (secondary N) is 1. The summed E-state index contributed by atoms with van der Waals surface area (Å²) >= 11 is 0. The molecule has 8 heteroatoms. The van der Waals surface area contributed by atoms with Crippen LogP contribution in [0.15, 0.2) is 48.0 Å². The van der Waals surface area contributed by atoms with Gasteiger partial charge in [0, 0.05) is 12.1 Å². The number of carbonyl (C=O) groups is 1. The lowest BCUT2D eigenvalue weighted by molar-refractivity contribution is -0.384. The molecule has 126 valence electrons. The van der Waals surface area contributed by atoms with Crippen LogP contribution in [0, 0.1) is 27.3 Å². The summed E-state index contributed by atoms with van der Waals surface area (Å²) < 4.78 is 17.9. The van der Waals surface area contributed by atoms with Crippen LogP contribution in [0.1, 0.15) is 5.56 Å². The molecule has 25 heavy (non-hydrogen) atoms. The van der Waals surface area contributed by atoms with Crippen molar-refractivity contribution in [1.82, 2.24) is 0 Å². The summed E-state index contributed by atoms with van der Waals surface area (Å²) in [6.07, 6.45) is 1.28.